The van der Waals surface area contributed by atoms with Crippen LogP contribution in [0.3, 0.4) is 0 Å². The van der Waals surface area contributed by atoms with E-state index < -0.39 is 114 Å². The predicted molar refractivity (Wildman–Crippen MR) is 293 cm³/mol. The molecular weight excluding hydrogens is 1320 g/mol. The van der Waals surface area contributed by atoms with Crippen molar-refractivity contribution in [2.75, 3.05) is 93.9 Å². The zero-order chi connectivity index (χ0) is 66.8. The number of esters is 3. The van der Waals surface area contributed by atoms with Gasteiger partial charge < -0.3 is 49.7 Å². The Balaban J connectivity index is -0.0000000737. The van der Waals surface area contributed by atoms with Crippen molar-refractivity contribution in [1.29, 1.82) is 0 Å². The van der Waals surface area contributed by atoms with Gasteiger partial charge in [-0.15, -0.1) is 27.4 Å². The third-order valence-corrected chi connectivity index (χ3v) is 8.15. The van der Waals surface area contributed by atoms with Gasteiger partial charge in [-0.1, -0.05) is 93.3 Å². The first-order valence-electron chi connectivity index (χ1n) is 22.5. The van der Waals surface area contributed by atoms with Gasteiger partial charge in [0.1, 0.15) is 39.8 Å². The van der Waals surface area contributed by atoms with E-state index >= 15 is 0 Å². The third kappa shape index (κ3) is 60.3. The summed E-state index contributed by atoms with van der Waals surface area (Å²) in [6, 6.07) is 0.0474. The maximum atomic E-state index is 12.0. The SMILES string of the molecule is C.C.C.C.C.C.C.C.C=C(C)C(=O)OCCNC(=O)OCCF.C=C(C)C(=O)OCCNC(=O)OCF.CC(=O)OCCF.CNCC1(C)CC(NC(=O)OCF)CC(C)(C)C1.FCOC(F)(F)OC(F)(F)C(F)(F)OF.FCOC(F)(F)OC(F)(F)C(F)(F)OF. The highest BCUT2D eigenvalue weighted by Gasteiger charge is 2.67. The minimum Gasteiger partial charge on any atom is -0.463 e. The van der Waals surface area contributed by atoms with Gasteiger partial charge in [-0.3, -0.25) is 14.3 Å². The lowest BCUT2D eigenvalue weighted by Gasteiger charge is -2.46. The van der Waals surface area contributed by atoms with Gasteiger partial charge in [-0.25, -0.2) is 59.8 Å². The summed E-state index contributed by atoms with van der Waals surface area (Å²) >= 11 is 0. The molecule has 22 nitrogen and oxygen atoms in total. The highest BCUT2D eigenvalue weighted by Crippen LogP contribution is 2.46. The smallest absolute Gasteiger partial charge is 0.463 e. The van der Waals surface area contributed by atoms with Crippen molar-refractivity contribution >= 4 is 36.2 Å². The van der Waals surface area contributed by atoms with E-state index in [4.69, 9.17) is 0 Å². The van der Waals surface area contributed by atoms with Gasteiger partial charge in [0, 0.05) is 30.7 Å². The fourth-order valence-electron chi connectivity index (χ4n) is 5.55. The van der Waals surface area contributed by atoms with Crippen molar-refractivity contribution in [3.63, 3.8) is 0 Å². The molecule has 2 atom stereocenters. The quantitative estimate of drug-likeness (QED) is 0.0135. The molecule has 0 bridgehead atoms. The highest BCUT2D eigenvalue weighted by molar-refractivity contribution is 5.87. The van der Waals surface area contributed by atoms with Crippen molar-refractivity contribution < 1.29 is 174 Å². The number of hydrogen-bond acceptors (Lipinski definition) is 19. The summed E-state index contributed by atoms with van der Waals surface area (Å²) in [6.07, 6.45) is -34.1. The highest BCUT2D eigenvalue weighted by atomic mass is 19.4. The van der Waals surface area contributed by atoms with Crippen LogP contribution in [0.15, 0.2) is 24.3 Å². The first-order chi connectivity index (χ1) is 38.4. The molecule has 2 unspecified atom stereocenters. The number of carbonyl (C=O) groups is 6. The molecule has 0 aliphatic heterocycles. The van der Waals surface area contributed by atoms with Gasteiger partial charge in [-0.2, -0.15) is 35.1 Å². The summed E-state index contributed by atoms with van der Waals surface area (Å²) in [5.41, 5.74) is 0.869. The van der Waals surface area contributed by atoms with Gasteiger partial charge in [0.15, 0.2) is 13.7 Å². The third-order valence-electron chi connectivity index (χ3n) is 8.15. The van der Waals surface area contributed by atoms with Crippen LogP contribution in [0.25, 0.3) is 0 Å². The Morgan fingerprint density at radius 2 is 0.815 bits per heavy atom. The average molecular weight is 1420 g/mol. The number of ether oxygens (including phenoxy) is 10. The van der Waals surface area contributed by atoms with Crippen LogP contribution in [0, 0.1) is 10.8 Å². The van der Waals surface area contributed by atoms with E-state index in [0.29, 0.717) is 0 Å². The van der Waals surface area contributed by atoms with Crippen LogP contribution >= 0.6 is 0 Å². The van der Waals surface area contributed by atoms with E-state index in [1.54, 1.807) is 0 Å². The van der Waals surface area contributed by atoms with Crippen LogP contribution in [-0.2, 0) is 71.6 Å². The second kappa shape index (κ2) is 58.8. The van der Waals surface area contributed by atoms with Crippen LogP contribution in [0.5, 0.6) is 0 Å². The lowest BCUT2D eigenvalue weighted by Crippen LogP contribution is -2.49. The lowest BCUT2D eigenvalue weighted by molar-refractivity contribution is -0.548. The number of hydrogen-bond donors (Lipinski definition) is 4. The zero-order valence-electron chi connectivity index (χ0n) is 45.2. The Kier molecular flexibility index (Phi) is 74.5. The molecule has 0 spiro atoms. The average Bonchev–Trinajstić information content (AvgIpc) is 0.846. The first-order valence-corrected chi connectivity index (χ1v) is 22.5. The fourth-order valence-corrected chi connectivity index (χ4v) is 5.55. The van der Waals surface area contributed by atoms with Crippen LogP contribution in [-0.4, -0.2) is 173 Å². The summed E-state index contributed by atoms with van der Waals surface area (Å²) in [5.74, 6) is -1.49. The van der Waals surface area contributed by atoms with E-state index in [-0.39, 0.29) is 127 Å². The van der Waals surface area contributed by atoms with Gasteiger partial charge in [0.25, 0.3) is 0 Å². The van der Waals surface area contributed by atoms with Crippen LogP contribution in [0.4, 0.5) is 102 Å². The normalized spacial score (nSPS) is 14.2. The van der Waals surface area contributed by atoms with Crippen molar-refractivity contribution in [1.82, 2.24) is 21.3 Å². The Morgan fingerprint density at radius 3 is 1.10 bits per heavy atom. The minimum absolute atomic E-state index is 0. The molecule has 92 heavy (non-hydrogen) atoms. The molecule has 1 saturated carbocycles. The maximum Gasteiger partial charge on any atom is 0.492 e. The molecule has 0 aromatic carbocycles. The number of halogens is 20. The molecule has 0 aromatic rings. The van der Waals surface area contributed by atoms with Crippen LogP contribution in [0.2, 0.25) is 0 Å². The molecular formula is C50H94F20N4O18. The van der Waals surface area contributed by atoms with Gasteiger partial charge in [0.2, 0.25) is 13.7 Å². The summed E-state index contributed by atoms with van der Waals surface area (Å²) in [5, 5.41) is 10.4. The fraction of sp³-hybridized carbons (Fsp3) is 0.800. The monoisotopic (exact) mass is 1420 g/mol. The molecule has 4 N–H and O–H groups in total. The number of carbonyl (C=O) groups excluding carboxylic acids is 6. The molecule has 1 aliphatic carbocycles. The van der Waals surface area contributed by atoms with E-state index in [1.165, 1.54) is 30.7 Å². The molecule has 0 heterocycles. The lowest BCUT2D eigenvalue weighted by atomic mass is 9.62. The number of amides is 3. The number of nitrogens with one attached hydrogen (secondary N) is 4. The predicted octanol–water partition coefficient (Wildman–Crippen LogP) is 14.8. The molecule has 1 aliphatic rings. The zero-order valence-corrected chi connectivity index (χ0v) is 45.2. The van der Waals surface area contributed by atoms with E-state index in [0.717, 1.165) is 25.8 Å². The van der Waals surface area contributed by atoms with Gasteiger partial charge in [0.05, 0.1) is 13.1 Å². The number of rotatable bonds is 29. The molecule has 0 radical (unpaired) electrons. The first kappa shape index (κ1) is 117. The van der Waals surface area contributed by atoms with E-state index in [2.05, 4.69) is 103 Å². The second-order valence-corrected chi connectivity index (χ2v) is 16.4. The van der Waals surface area contributed by atoms with E-state index in [1.807, 2.05) is 7.05 Å². The Hall–Kier alpha value is -5.98. The summed E-state index contributed by atoms with van der Waals surface area (Å²) < 4.78 is 268. The Bertz CT molecular complexity index is 1890. The molecule has 1 fully saturated rings. The van der Waals surface area contributed by atoms with E-state index in [9.17, 15) is 117 Å². The largest absolute Gasteiger partial charge is 0.492 e. The number of alkyl halides is 18. The maximum absolute atomic E-state index is 12.0. The molecule has 0 saturated heterocycles. The van der Waals surface area contributed by atoms with Gasteiger partial charge in [-0.05, 0) is 60.0 Å². The van der Waals surface area contributed by atoms with Crippen LogP contribution < -0.4 is 21.3 Å². The van der Waals surface area contributed by atoms with Crippen molar-refractivity contribution in [2.45, 2.75) is 163 Å². The topological polar surface area (TPSA) is 261 Å². The summed E-state index contributed by atoms with van der Waals surface area (Å²) in [4.78, 5) is 66.8. The molecule has 0 aromatic heterocycles. The second-order valence-electron chi connectivity index (χ2n) is 16.4. The molecule has 3 amide bonds. The molecule has 1 rings (SSSR count). The Morgan fingerprint density at radius 1 is 0.478 bits per heavy atom. The Labute approximate surface area is 523 Å². The minimum atomic E-state index is -6.04. The molecule has 562 valence electrons. The molecule has 42 heteroatoms. The van der Waals surface area contributed by atoms with Gasteiger partial charge >= 0.3 is 73.2 Å². The van der Waals surface area contributed by atoms with Crippen molar-refractivity contribution in [2.24, 2.45) is 10.8 Å². The van der Waals surface area contributed by atoms with Crippen molar-refractivity contribution in [3.8, 4) is 0 Å². The van der Waals surface area contributed by atoms with Crippen LogP contribution in [0.1, 0.15) is 120 Å². The number of alkyl carbamates (subject to hydrolysis) is 3. The van der Waals surface area contributed by atoms with Crippen molar-refractivity contribution in [3.05, 3.63) is 24.3 Å². The summed E-state index contributed by atoms with van der Waals surface area (Å²) in [6.45, 7) is 10.2. The standard InChI is InChI=1S/C13H25FN2O2.C9H14FNO4.C8H12FNO4.2C4H2F8O3.C4H7FO2.8CH4/c1-12(2)5-10(16-11(17)18-9-14)6-13(3,7-12)8-15-4;1-7(2)8(12)14-6-4-11-9(13)15-5-3-10;1-6(2)7(11)13-4-3-10-8(12)14-5-9;2*5-1-13-4(10,11)14-2(6,7)3(8,9)15-12;1-4(6)7-3-2-5;;;;;;;;/h10,15H,5-9H2,1-4H3,(H,16,17);1,3-6H2,2H3,(H,11,13);1,3-5H2,2H3,(H,10,12);2*1H2;2-3H2,1H3;8*1H4. The summed E-state index contributed by atoms with van der Waals surface area (Å²) in [7, 11) is 1.94.